The Morgan fingerprint density at radius 3 is 2.39 bits per heavy atom. The van der Waals surface area contributed by atoms with Crippen LogP contribution in [0, 0.1) is 5.92 Å². The van der Waals surface area contributed by atoms with E-state index >= 15 is 0 Å². The molecule has 0 amide bonds. The van der Waals surface area contributed by atoms with Crippen LogP contribution in [-0.4, -0.2) is 27.3 Å². The molecule has 0 aromatic heterocycles. The molecule has 0 spiro atoms. The smallest absolute Gasteiger partial charge is 0.177 e. The minimum Gasteiger partial charge on any atom is -0.380 e. The Bertz CT molecular complexity index is 484. The van der Waals surface area contributed by atoms with Crippen LogP contribution in [0.15, 0.2) is 29.2 Å². The Balaban J connectivity index is 2.96. The van der Waals surface area contributed by atoms with E-state index in [0.717, 1.165) is 6.42 Å². The SMILES string of the molecule is CC(C)CC(CN)Nc1ccccc1S(C)(=O)=O. The maximum atomic E-state index is 11.7. The van der Waals surface area contributed by atoms with Gasteiger partial charge in [0.15, 0.2) is 9.84 Å². The van der Waals surface area contributed by atoms with Crippen molar-refractivity contribution in [1.82, 2.24) is 0 Å². The molecule has 0 aliphatic rings. The number of nitrogens with one attached hydrogen (secondary N) is 1. The van der Waals surface area contributed by atoms with Crippen molar-refractivity contribution in [3.05, 3.63) is 24.3 Å². The highest BCUT2D eigenvalue weighted by molar-refractivity contribution is 7.90. The third kappa shape index (κ3) is 4.31. The normalized spacial score (nSPS) is 13.6. The quantitative estimate of drug-likeness (QED) is 0.828. The van der Waals surface area contributed by atoms with E-state index < -0.39 is 9.84 Å². The average molecular weight is 270 g/mol. The van der Waals surface area contributed by atoms with Crippen LogP contribution < -0.4 is 11.1 Å². The molecule has 18 heavy (non-hydrogen) atoms. The molecule has 0 saturated carbocycles. The summed E-state index contributed by atoms with van der Waals surface area (Å²) in [7, 11) is -3.22. The molecule has 4 nitrogen and oxygen atoms in total. The molecule has 1 aromatic carbocycles. The molecule has 1 atom stereocenters. The Morgan fingerprint density at radius 1 is 1.28 bits per heavy atom. The van der Waals surface area contributed by atoms with Crippen molar-refractivity contribution in [2.75, 3.05) is 18.1 Å². The predicted molar refractivity (Wildman–Crippen MR) is 75.5 cm³/mol. The molecule has 1 unspecified atom stereocenters. The Hall–Kier alpha value is -1.07. The van der Waals surface area contributed by atoms with Crippen LogP contribution in [0.1, 0.15) is 20.3 Å². The van der Waals surface area contributed by atoms with E-state index in [1.165, 1.54) is 6.26 Å². The summed E-state index contributed by atoms with van der Waals surface area (Å²) in [5, 5.41) is 3.23. The van der Waals surface area contributed by atoms with Crippen molar-refractivity contribution >= 4 is 15.5 Å². The second-order valence-electron chi connectivity index (χ2n) is 4.97. The van der Waals surface area contributed by atoms with Crippen molar-refractivity contribution in [3.63, 3.8) is 0 Å². The summed E-state index contributed by atoms with van der Waals surface area (Å²) in [6, 6.07) is 7.02. The number of benzene rings is 1. The molecule has 102 valence electrons. The van der Waals surface area contributed by atoms with E-state index in [2.05, 4.69) is 19.2 Å². The molecular formula is C13H22N2O2S. The fourth-order valence-electron chi connectivity index (χ4n) is 1.91. The third-order valence-electron chi connectivity index (χ3n) is 2.69. The maximum Gasteiger partial charge on any atom is 0.177 e. The van der Waals surface area contributed by atoms with Crippen molar-refractivity contribution in [1.29, 1.82) is 0 Å². The molecule has 1 aromatic rings. The summed E-state index contributed by atoms with van der Waals surface area (Å²) in [5.74, 6) is 0.511. The van der Waals surface area contributed by atoms with E-state index in [-0.39, 0.29) is 6.04 Å². The van der Waals surface area contributed by atoms with Crippen LogP contribution in [0.5, 0.6) is 0 Å². The first-order chi connectivity index (χ1) is 8.34. The summed E-state index contributed by atoms with van der Waals surface area (Å²) < 4.78 is 23.3. The lowest BCUT2D eigenvalue weighted by Gasteiger charge is -2.21. The summed E-state index contributed by atoms with van der Waals surface area (Å²) >= 11 is 0. The molecule has 3 N–H and O–H groups in total. The van der Waals surface area contributed by atoms with Gasteiger partial charge in [-0.3, -0.25) is 0 Å². The molecular weight excluding hydrogens is 248 g/mol. The zero-order chi connectivity index (χ0) is 13.8. The molecule has 0 heterocycles. The third-order valence-corrected chi connectivity index (χ3v) is 3.84. The van der Waals surface area contributed by atoms with Gasteiger partial charge in [-0.05, 0) is 24.5 Å². The fourth-order valence-corrected chi connectivity index (χ4v) is 2.76. The van der Waals surface area contributed by atoms with Crippen LogP contribution in [-0.2, 0) is 9.84 Å². The minimum absolute atomic E-state index is 0.0906. The van der Waals surface area contributed by atoms with Crippen LogP contribution >= 0.6 is 0 Å². The highest BCUT2D eigenvalue weighted by atomic mass is 32.2. The number of rotatable bonds is 6. The number of hydrogen-bond donors (Lipinski definition) is 2. The zero-order valence-corrected chi connectivity index (χ0v) is 12.0. The first kappa shape index (κ1) is 15.0. The highest BCUT2D eigenvalue weighted by Crippen LogP contribution is 2.22. The van der Waals surface area contributed by atoms with Gasteiger partial charge < -0.3 is 11.1 Å². The first-order valence-corrected chi connectivity index (χ1v) is 7.99. The first-order valence-electron chi connectivity index (χ1n) is 6.10. The zero-order valence-electron chi connectivity index (χ0n) is 11.2. The molecule has 1 rings (SSSR count). The van der Waals surface area contributed by atoms with Gasteiger partial charge in [-0.25, -0.2) is 8.42 Å². The molecule has 0 aliphatic heterocycles. The lowest BCUT2D eigenvalue weighted by Crippen LogP contribution is -2.30. The van der Waals surface area contributed by atoms with E-state index in [0.29, 0.717) is 23.0 Å². The summed E-state index contributed by atoms with van der Waals surface area (Å²) in [6.45, 7) is 4.72. The summed E-state index contributed by atoms with van der Waals surface area (Å²) in [5.41, 5.74) is 6.35. The summed E-state index contributed by atoms with van der Waals surface area (Å²) in [4.78, 5) is 0.326. The largest absolute Gasteiger partial charge is 0.380 e. The average Bonchev–Trinajstić information content (AvgIpc) is 2.26. The van der Waals surface area contributed by atoms with E-state index in [1.807, 2.05) is 6.07 Å². The van der Waals surface area contributed by atoms with Crippen molar-refractivity contribution in [2.45, 2.75) is 31.2 Å². The van der Waals surface area contributed by atoms with Gasteiger partial charge in [-0.15, -0.1) is 0 Å². The van der Waals surface area contributed by atoms with E-state index in [1.54, 1.807) is 18.2 Å². The van der Waals surface area contributed by atoms with Gasteiger partial charge in [0, 0.05) is 18.8 Å². The van der Waals surface area contributed by atoms with Crippen LogP contribution in [0.2, 0.25) is 0 Å². The Labute approximate surface area is 110 Å². The van der Waals surface area contributed by atoms with Crippen molar-refractivity contribution in [3.8, 4) is 0 Å². The van der Waals surface area contributed by atoms with E-state index in [9.17, 15) is 8.42 Å². The number of para-hydroxylation sites is 1. The lowest BCUT2D eigenvalue weighted by molar-refractivity contribution is 0.521. The standard InChI is InChI=1S/C13H22N2O2S/c1-10(2)8-11(9-14)15-12-6-4-5-7-13(12)18(3,16)17/h4-7,10-11,15H,8-9,14H2,1-3H3. The predicted octanol–water partition coefficient (Wildman–Crippen LogP) is 1.88. The van der Waals surface area contributed by atoms with Gasteiger partial charge in [0.25, 0.3) is 0 Å². The van der Waals surface area contributed by atoms with Crippen LogP contribution in [0.4, 0.5) is 5.69 Å². The Kier molecular flexibility index (Phi) is 5.16. The molecule has 0 saturated heterocycles. The molecule has 0 fully saturated rings. The molecule has 0 bridgehead atoms. The molecule has 0 aliphatic carbocycles. The topological polar surface area (TPSA) is 72.2 Å². The van der Waals surface area contributed by atoms with E-state index in [4.69, 9.17) is 5.73 Å². The van der Waals surface area contributed by atoms with Gasteiger partial charge in [0.2, 0.25) is 0 Å². The molecule has 0 radical (unpaired) electrons. The fraction of sp³-hybridized carbons (Fsp3) is 0.538. The maximum absolute atomic E-state index is 11.7. The van der Waals surface area contributed by atoms with Crippen molar-refractivity contribution in [2.24, 2.45) is 11.7 Å². The van der Waals surface area contributed by atoms with Gasteiger partial charge in [0.1, 0.15) is 0 Å². The number of anilines is 1. The Morgan fingerprint density at radius 2 is 1.89 bits per heavy atom. The highest BCUT2D eigenvalue weighted by Gasteiger charge is 2.15. The van der Waals surface area contributed by atoms with Crippen LogP contribution in [0.25, 0.3) is 0 Å². The lowest BCUT2D eigenvalue weighted by atomic mass is 10.0. The second-order valence-corrected chi connectivity index (χ2v) is 6.96. The second kappa shape index (κ2) is 6.20. The van der Waals surface area contributed by atoms with Gasteiger partial charge >= 0.3 is 0 Å². The minimum atomic E-state index is -3.22. The van der Waals surface area contributed by atoms with Gasteiger partial charge in [-0.2, -0.15) is 0 Å². The van der Waals surface area contributed by atoms with Crippen molar-refractivity contribution < 1.29 is 8.42 Å². The number of hydrogen-bond acceptors (Lipinski definition) is 4. The monoisotopic (exact) mass is 270 g/mol. The van der Waals surface area contributed by atoms with Crippen LogP contribution in [0.3, 0.4) is 0 Å². The number of nitrogens with two attached hydrogens (primary N) is 1. The number of sulfone groups is 1. The summed E-state index contributed by atoms with van der Waals surface area (Å²) in [6.07, 6.45) is 2.13. The van der Waals surface area contributed by atoms with Gasteiger partial charge in [-0.1, -0.05) is 26.0 Å². The molecule has 5 heteroatoms. The van der Waals surface area contributed by atoms with Gasteiger partial charge in [0.05, 0.1) is 10.6 Å².